The zero-order chi connectivity index (χ0) is 17.9. The third kappa shape index (κ3) is 4.27. The summed E-state index contributed by atoms with van der Waals surface area (Å²) >= 11 is 11.8. The predicted molar refractivity (Wildman–Crippen MR) is 96.1 cm³/mol. The fraction of sp³-hybridized carbons (Fsp3) is 0.188. The first kappa shape index (κ1) is 18.7. The summed E-state index contributed by atoms with van der Waals surface area (Å²) in [6.45, 7) is 1.50. The lowest BCUT2D eigenvalue weighted by Gasteiger charge is -2.18. The molecule has 0 radical (unpaired) electrons. The number of amides is 1. The van der Waals surface area contributed by atoms with Crippen molar-refractivity contribution in [2.24, 2.45) is 0 Å². The van der Waals surface area contributed by atoms with Crippen molar-refractivity contribution >= 4 is 44.8 Å². The largest absolute Gasteiger partial charge is 0.325 e. The molecule has 0 heterocycles. The molecule has 128 valence electrons. The van der Waals surface area contributed by atoms with Crippen LogP contribution in [-0.2, 0) is 14.8 Å². The molecule has 2 rings (SSSR count). The highest BCUT2D eigenvalue weighted by molar-refractivity contribution is 7.89. The van der Waals surface area contributed by atoms with Gasteiger partial charge >= 0.3 is 0 Å². The van der Waals surface area contributed by atoms with Crippen molar-refractivity contribution in [2.75, 3.05) is 18.9 Å². The molecule has 0 saturated heterocycles. The molecule has 2 aromatic carbocycles. The van der Waals surface area contributed by atoms with Crippen molar-refractivity contribution in [1.29, 1.82) is 0 Å². The number of benzene rings is 2. The summed E-state index contributed by atoms with van der Waals surface area (Å²) in [7, 11) is -2.62. The van der Waals surface area contributed by atoms with Crippen molar-refractivity contribution in [2.45, 2.75) is 11.8 Å². The molecular weight excluding hydrogens is 371 g/mol. The van der Waals surface area contributed by atoms with Crippen LogP contribution in [0.5, 0.6) is 0 Å². The molecule has 0 aliphatic rings. The molecule has 0 fully saturated rings. The van der Waals surface area contributed by atoms with E-state index in [2.05, 4.69) is 5.32 Å². The van der Waals surface area contributed by atoms with E-state index in [9.17, 15) is 13.2 Å². The molecule has 0 aliphatic heterocycles. The van der Waals surface area contributed by atoms with Gasteiger partial charge in [-0.1, -0.05) is 41.4 Å². The Hall–Kier alpha value is -1.60. The zero-order valence-electron chi connectivity index (χ0n) is 13.1. The highest BCUT2D eigenvalue weighted by atomic mass is 35.5. The fourth-order valence-electron chi connectivity index (χ4n) is 2.03. The van der Waals surface area contributed by atoms with Crippen molar-refractivity contribution in [3.8, 4) is 0 Å². The molecule has 0 spiro atoms. The Labute approximate surface area is 151 Å². The molecule has 1 N–H and O–H groups in total. The van der Waals surface area contributed by atoms with Gasteiger partial charge in [-0.2, -0.15) is 4.31 Å². The van der Waals surface area contributed by atoms with Crippen LogP contribution in [0.2, 0.25) is 10.0 Å². The first-order chi connectivity index (χ1) is 11.2. The van der Waals surface area contributed by atoms with Gasteiger partial charge in [0, 0.05) is 17.8 Å². The zero-order valence-corrected chi connectivity index (χ0v) is 15.4. The monoisotopic (exact) mass is 386 g/mol. The van der Waals surface area contributed by atoms with E-state index in [4.69, 9.17) is 23.2 Å². The number of carbonyl (C=O) groups excluding carboxylic acids is 1. The lowest BCUT2D eigenvalue weighted by atomic mass is 10.2. The van der Waals surface area contributed by atoms with E-state index in [0.29, 0.717) is 5.69 Å². The Kier molecular flexibility index (Phi) is 5.87. The van der Waals surface area contributed by atoms with Gasteiger partial charge in [0.25, 0.3) is 0 Å². The van der Waals surface area contributed by atoms with Gasteiger partial charge in [-0.15, -0.1) is 0 Å². The molecule has 0 aromatic heterocycles. The van der Waals surface area contributed by atoms with Gasteiger partial charge in [0.1, 0.15) is 4.90 Å². The number of nitrogens with one attached hydrogen (secondary N) is 1. The first-order valence-electron chi connectivity index (χ1n) is 6.98. The van der Waals surface area contributed by atoms with Crippen molar-refractivity contribution in [1.82, 2.24) is 4.31 Å². The Balaban J connectivity index is 2.16. The molecule has 0 saturated carbocycles. The number of hydrogen-bond acceptors (Lipinski definition) is 3. The van der Waals surface area contributed by atoms with Gasteiger partial charge < -0.3 is 5.32 Å². The molecule has 0 unspecified atom stereocenters. The number of carbonyl (C=O) groups is 1. The van der Waals surface area contributed by atoms with Crippen LogP contribution in [0.3, 0.4) is 0 Å². The van der Waals surface area contributed by atoms with Gasteiger partial charge in [-0.25, -0.2) is 8.42 Å². The number of halogens is 2. The Morgan fingerprint density at radius 1 is 1.17 bits per heavy atom. The van der Waals surface area contributed by atoms with Gasteiger partial charge in [0.2, 0.25) is 15.9 Å². The molecule has 0 atom stereocenters. The second-order valence-electron chi connectivity index (χ2n) is 5.20. The normalized spacial score (nSPS) is 11.5. The van der Waals surface area contributed by atoms with Crippen LogP contribution in [0.25, 0.3) is 0 Å². The van der Waals surface area contributed by atoms with Crippen LogP contribution >= 0.6 is 23.2 Å². The number of aryl methyl sites for hydroxylation is 1. The maximum Gasteiger partial charge on any atom is 0.244 e. The van der Waals surface area contributed by atoms with E-state index in [-0.39, 0.29) is 21.5 Å². The number of likely N-dealkylation sites (N-methyl/N-ethyl adjacent to an activating group) is 1. The molecule has 1 amide bonds. The third-order valence-corrected chi connectivity index (χ3v) is 5.89. The second kappa shape index (κ2) is 7.53. The highest BCUT2D eigenvalue weighted by Crippen LogP contribution is 2.27. The van der Waals surface area contributed by atoms with Gasteiger partial charge in [0.05, 0.1) is 11.6 Å². The smallest absolute Gasteiger partial charge is 0.244 e. The summed E-state index contributed by atoms with van der Waals surface area (Å²) in [6, 6.07) is 11.4. The van der Waals surface area contributed by atoms with Crippen LogP contribution in [0, 0.1) is 6.92 Å². The van der Waals surface area contributed by atoms with E-state index in [0.717, 1.165) is 9.87 Å². The van der Waals surface area contributed by atoms with E-state index >= 15 is 0 Å². The maximum absolute atomic E-state index is 12.6. The number of sulfonamides is 1. The van der Waals surface area contributed by atoms with Crippen LogP contribution in [0.15, 0.2) is 47.4 Å². The molecule has 0 bridgehead atoms. The number of rotatable bonds is 5. The lowest BCUT2D eigenvalue weighted by molar-refractivity contribution is -0.116. The number of hydrogen-bond donors (Lipinski definition) is 1. The van der Waals surface area contributed by atoms with Gasteiger partial charge in [-0.3, -0.25) is 4.79 Å². The minimum atomic E-state index is -3.93. The van der Waals surface area contributed by atoms with Crippen LogP contribution in [0.1, 0.15) is 5.56 Å². The average molecular weight is 387 g/mol. The standard InChI is InChI=1S/C16H16Cl2N2O3S/c1-11-5-3-4-6-14(11)19-16(21)10-20(2)24(22,23)15-9-12(17)7-8-13(15)18/h3-9H,10H2,1-2H3,(H,19,21). The minimum absolute atomic E-state index is 0.0468. The molecule has 5 nitrogen and oxygen atoms in total. The molecule has 24 heavy (non-hydrogen) atoms. The van der Waals surface area contributed by atoms with Crippen LogP contribution < -0.4 is 5.32 Å². The average Bonchev–Trinajstić information content (AvgIpc) is 2.51. The molecular formula is C16H16Cl2N2O3S. The topological polar surface area (TPSA) is 66.5 Å². The summed E-state index contributed by atoms with van der Waals surface area (Å²) in [6.07, 6.45) is 0. The Morgan fingerprint density at radius 2 is 1.83 bits per heavy atom. The predicted octanol–water partition coefficient (Wildman–Crippen LogP) is 3.56. The number of anilines is 1. The summed E-state index contributed by atoms with van der Waals surface area (Å²) in [4.78, 5) is 12.0. The quantitative estimate of drug-likeness (QED) is 0.853. The SMILES string of the molecule is Cc1ccccc1NC(=O)CN(C)S(=O)(=O)c1cc(Cl)ccc1Cl. The van der Waals surface area contributed by atoms with Gasteiger partial charge in [-0.05, 0) is 36.8 Å². The van der Waals surface area contributed by atoms with E-state index in [1.54, 1.807) is 12.1 Å². The fourth-order valence-corrected chi connectivity index (χ4v) is 3.89. The summed E-state index contributed by atoms with van der Waals surface area (Å²) < 4.78 is 26.1. The van der Waals surface area contributed by atoms with E-state index in [1.165, 1.54) is 25.2 Å². The number of nitrogens with zero attached hydrogens (tertiary/aromatic N) is 1. The maximum atomic E-state index is 12.6. The lowest BCUT2D eigenvalue weighted by Crippen LogP contribution is -2.35. The second-order valence-corrected chi connectivity index (χ2v) is 8.06. The van der Waals surface area contributed by atoms with Gasteiger partial charge in [0.15, 0.2) is 0 Å². The first-order valence-corrected chi connectivity index (χ1v) is 9.18. The summed E-state index contributed by atoms with van der Waals surface area (Å²) in [5.74, 6) is -0.450. The van der Waals surface area contributed by atoms with Crippen molar-refractivity contribution in [3.63, 3.8) is 0 Å². The molecule has 2 aromatic rings. The van der Waals surface area contributed by atoms with Crippen LogP contribution in [0.4, 0.5) is 5.69 Å². The molecule has 8 heteroatoms. The Morgan fingerprint density at radius 3 is 2.50 bits per heavy atom. The summed E-state index contributed by atoms with van der Waals surface area (Å²) in [5.41, 5.74) is 1.52. The minimum Gasteiger partial charge on any atom is -0.325 e. The van der Waals surface area contributed by atoms with Crippen molar-refractivity contribution < 1.29 is 13.2 Å². The Bertz CT molecular complexity index is 869. The summed E-state index contributed by atoms with van der Waals surface area (Å²) in [5, 5.41) is 2.98. The van der Waals surface area contributed by atoms with Crippen molar-refractivity contribution in [3.05, 3.63) is 58.1 Å². The molecule has 0 aliphatic carbocycles. The number of para-hydroxylation sites is 1. The van der Waals surface area contributed by atoms with Crippen LogP contribution in [-0.4, -0.2) is 32.2 Å². The van der Waals surface area contributed by atoms with E-state index in [1.807, 2.05) is 19.1 Å². The highest BCUT2D eigenvalue weighted by Gasteiger charge is 2.25. The van der Waals surface area contributed by atoms with E-state index < -0.39 is 15.9 Å². The third-order valence-electron chi connectivity index (χ3n) is 3.37.